The molecule has 4 aliphatic rings. The zero-order valence-corrected chi connectivity index (χ0v) is 69.0. The molecule has 2 bridgehead atoms. The van der Waals surface area contributed by atoms with Gasteiger partial charge in [0.2, 0.25) is 17.6 Å². The van der Waals surface area contributed by atoms with Crippen LogP contribution in [-0.2, 0) is 91.0 Å². The van der Waals surface area contributed by atoms with E-state index in [1.165, 1.54) is 19.3 Å². The van der Waals surface area contributed by atoms with Gasteiger partial charge in [0, 0.05) is 109 Å². The maximum atomic E-state index is 14.6. The zero-order chi connectivity index (χ0) is 84.0. The molecule has 3 fully saturated rings. The monoisotopic (exact) mass is 1630 g/mol. The number of hydrogen-bond acceptors (Lipinski definition) is 28. The van der Waals surface area contributed by atoms with Crippen molar-refractivity contribution in [2.24, 2.45) is 29.4 Å². The molecule has 4 aromatic heterocycles. The van der Waals surface area contributed by atoms with Gasteiger partial charge >= 0.3 is 5.97 Å². The normalized spacial score (nSPS) is 27.1. The van der Waals surface area contributed by atoms with E-state index in [1.54, 1.807) is 43.5 Å². The van der Waals surface area contributed by atoms with Crippen molar-refractivity contribution < 1.29 is 91.2 Å². The second kappa shape index (κ2) is 46.7. The van der Waals surface area contributed by atoms with Gasteiger partial charge in [-0.05, 0) is 164 Å². The van der Waals surface area contributed by atoms with Gasteiger partial charge in [-0.1, -0.05) is 62.4 Å². The van der Waals surface area contributed by atoms with Gasteiger partial charge in [-0.25, -0.2) is 24.1 Å². The summed E-state index contributed by atoms with van der Waals surface area (Å²) in [6.07, 6.45) is 18.0. The van der Waals surface area contributed by atoms with Gasteiger partial charge in [0.25, 0.3) is 17.7 Å². The highest BCUT2D eigenvalue weighted by Crippen LogP contribution is 2.37. The lowest BCUT2D eigenvalue weighted by Crippen LogP contribution is -2.58. The number of piperidine rings is 1. The molecule has 644 valence electrons. The molecule has 5 aromatic rings. The number of nitrogens with zero attached hydrogens (tertiary/aromatic N) is 9. The summed E-state index contributed by atoms with van der Waals surface area (Å²) in [5, 5.41) is 54.2. The summed E-state index contributed by atoms with van der Waals surface area (Å²) >= 11 is 0. The van der Waals surface area contributed by atoms with E-state index in [-0.39, 0.29) is 79.7 Å². The highest BCUT2D eigenvalue weighted by Gasteiger charge is 2.50. The van der Waals surface area contributed by atoms with Crippen molar-refractivity contribution in [2.75, 3.05) is 91.6 Å². The lowest BCUT2D eigenvalue weighted by Gasteiger charge is -2.40. The first-order chi connectivity index (χ1) is 56.3. The Morgan fingerprint density at radius 1 is 0.769 bits per heavy atom. The van der Waals surface area contributed by atoms with E-state index in [0.717, 1.165) is 47.4 Å². The van der Waals surface area contributed by atoms with Gasteiger partial charge < -0.3 is 90.4 Å². The maximum Gasteiger partial charge on any atom is 0.329 e. The molecule has 3 aliphatic heterocycles. The molecule has 9 rings (SSSR count). The van der Waals surface area contributed by atoms with Crippen LogP contribution in [0.2, 0.25) is 0 Å². The first-order valence-electron chi connectivity index (χ1n) is 41.6. The van der Waals surface area contributed by atoms with Crippen LogP contribution in [0.4, 0.5) is 11.8 Å². The van der Waals surface area contributed by atoms with Crippen LogP contribution in [0, 0.1) is 23.7 Å². The Morgan fingerprint density at radius 3 is 2.28 bits per heavy atom. The third kappa shape index (κ3) is 27.7. The lowest BCUT2D eigenvalue weighted by atomic mass is 9.80. The molecule has 14 atom stereocenters. The lowest BCUT2D eigenvalue weighted by molar-refractivity contribution is -0.245. The number of nitrogen functional groups attached to an aromatic ring is 2. The van der Waals surface area contributed by atoms with Crippen LogP contribution >= 0.6 is 0 Å². The van der Waals surface area contributed by atoms with Crippen molar-refractivity contribution in [1.29, 1.82) is 0 Å². The molecule has 0 spiro atoms. The Bertz CT molecular complexity index is 4180. The zero-order valence-electron chi connectivity index (χ0n) is 69.0. The number of aliphatic hydroxyl groups is 3. The number of aliphatic hydroxyl groups excluding tert-OH is 2. The number of rotatable bonds is 34. The number of Topliss-reactive ketones (excluding diaryl/α,β-unsaturated/α-hetero) is 3. The molecule has 33 nitrogen and oxygen atoms in total. The van der Waals surface area contributed by atoms with E-state index >= 15 is 0 Å². The van der Waals surface area contributed by atoms with Gasteiger partial charge in [-0.3, -0.25) is 28.8 Å². The van der Waals surface area contributed by atoms with E-state index in [1.807, 2.05) is 62.6 Å². The fraction of sp³-hybridized carbons (Fsp3) is 0.655. The summed E-state index contributed by atoms with van der Waals surface area (Å²) in [6.45, 7) is 13.4. The number of anilines is 2. The number of nitrogens with one attached hydrogen (secondary N) is 2. The standard InChI is InChI=1S/C84H124N14O19/c1-53-20-9-8-10-21-54(2)68(109-6)49-61-23-19-31-84(108,117-61)78(105)81(106)97-34-16-13-24-64(97)82(107)115-69(50-65(99)55(3)45-57(5)76(103)77(104)75(102)56(4)44-53)62(85)46-58-27-29-67(70(47-58)110-7)114-37-18-14-22-60-51-96(95-93-60)36-39-112-41-43-113-42-40-111-38-33-89-72(101)26-12-11-25-71(100)88-32-15-17-35-98-80-73(79(86)90-52-91-80)74(94-98)59-28-30-66-63(48-59)92-83(87)116-66/h8-10,20-21,28,30,45,48,51-53,55-56,58,61-62,64,67-70,76-77,103-104,108H,11-19,22-27,29,31-44,46-47,49-50,85H2,1-7H3,(H2,87,92)(H,88,100)(H,89,101)(H2,86,90,91)/b10-8+,20-9+,54-21+,57-45+/t53?,55?,56?,58?,61-,62+,64-,67?,68?,69?,70+,76+,77-,84+/m0/s1. The molecule has 117 heavy (non-hydrogen) atoms. The summed E-state index contributed by atoms with van der Waals surface area (Å²) < 4.78 is 56.6. The van der Waals surface area contributed by atoms with Crippen LogP contribution in [-0.4, -0.2) is 242 Å². The molecule has 11 N–H and O–H groups in total. The predicted molar refractivity (Wildman–Crippen MR) is 435 cm³/mol. The number of unbranched alkanes of at least 4 members (excludes halogenated alkanes) is 3. The number of carbonyl (C=O) groups excluding carboxylic acids is 7. The number of benzene rings is 1. The molecule has 3 amide bonds. The largest absolute Gasteiger partial charge is 0.459 e. The minimum Gasteiger partial charge on any atom is -0.459 e. The number of hydrogen-bond donors (Lipinski definition) is 8. The van der Waals surface area contributed by atoms with E-state index in [2.05, 4.69) is 35.9 Å². The van der Waals surface area contributed by atoms with Crippen LogP contribution in [0.1, 0.15) is 175 Å². The Morgan fingerprint density at radius 2 is 1.52 bits per heavy atom. The molecule has 1 aromatic carbocycles. The highest BCUT2D eigenvalue weighted by atomic mass is 16.6. The second-order valence-electron chi connectivity index (χ2n) is 31.6. The topological polar surface area (TPSA) is 460 Å². The highest BCUT2D eigenvalue weighted by molar-refractivity contribution is 6.39. The fourth-order valence-corrected chi connectivity index (χ4v) is 15.7. The molecule has 7 unspecified atom stereocenters. The summed E-state index contributed by atoms with van der Waals surface area (Å²) in [5.41, 5.74) is 24.1. The smallest absolute Gasteiger partial charge is 0.329 e. The number of oxazole rings is 1. The number of esters is 1. The number of allylic oxidation sites excluding steroid dienone is 6. The quantitative estimate of drug-likeness (QED) is 0.00885. The number of carbonyl (C=O) groups is 7. The first-order valence-corrected chi connectivity index (χ1v) is 41.6. The van der Waals surface area contributed by atoms with E-state index in [4.69, 9.17) is 64.6 Å². The molecule has 1 saturated carbocycles. The van der Waals surface area contributed by atoms with Gasteiger partial charge in [-0.15, -0.1) is 5.10 Å². The van der Waals surface area contributed by atoms with Crippen LogP contribution in [0.15, 0.2) is 82.7 Å². The number of aromatic nitrogens is 8. The summed E-state index contributed by atoms with van der Waals surface area (Å²) in [5.74, 6) is -7.95. The number of aryl methyl sites for hydroxylation is 2. The SMILES string of the molecule is COC1C[C@@H]2CCC[C@@](O)(O2)C(=O)C(=O)N2CCCC[C@H]2C(=O)OC([C@H](N)CC2CCC(OCCCCc3cn(CCOCCOCCOCCNC(=O)CCCCC(=O)NCCCCn4nc(-c5ccc6oc(N)nc6c5)c5c(N)ncnc54)nn3)[C@H](OC)C2)CC(=O)C(C)/C=C(\C)[C@@H](O)[C@@H](O)C(=O)C(C)CC(C)/C=C/C=C/C=C/1C. The number of amides is 3. The van der Waals surface area contributed by atoms with Gasteiger partial charge in [-0.2, -0.15) is 10.1 Å². The van der Waals surface area contributed by atoms with Crippen LogP contribution in [0.5, 0.6) is 0 Å². The average Bonchev–Trinajstić information content (AvgIpc) is 1.66. The number of ketones is 3. The Balaban J connectivity index is 0.632. The molecule has 7 heterocycles. The van der Waals surface area contributed by atoms with Crippen molar-refractivity contribution >= 4 is 75.0 Å². The number of methoxy groups -OCH3 is 2. The molecule has 0 radical (unpaired) electrons. The molecular formula is C84H124N14O19. The van der Waals surface area contributed by atoms with E-state index in [0.29, 0.717) is 196 Å². The average molecular weight is 1630 g/mol. The van der Waals surface area contributed by atoms with Crippen molar-refractivity contribution in [3.8, 4) is 11.3 Å². The number of ether oxygens (including phenoxy) is 8. The van der Waals surface area contributed by atoms with Crippen molar-refractivity contribution in [2.45, 2.75) is 250 Å². The second-order valence-corrected chi connectivity index (χ2v) is 31.6. The summed E-state index contributed by atoms with van der Waals surface area (Å²) in [4.78, 5) is 110. The Labute approximate surface area is 684 Å². The number of fused-ring (bicyclic) bond motifs is 5. The molecule has 33 heteroatoms. The van der Waals surface area contributed by atoms with E-state index in [9.17, 15) is 48.9 Å². The van der Waals surface area contributed by atoms with Crippen LogP contribution < -0.4 is 27.8 Å². The Kier molecular flexibility index (Phi) is 36.8. The maximum absolute atomic E-state index is 14.6. The van der Waals surface area contributed by atoms with Gasteiger partial charge in [0.15, 0.2) is 17.0 Å². The van der Waals surface area contributed by atoms with Crippen molar-refractivity contribution in [1.82, 2.24) is 55.3 Å². The third-order valence-electron chi connectivity index (χ3n) is 22.4. The molecule has 2 saturated heterocycles. The minimum absolute atomic E-state index is 0.0290. The van der Waals surface area contributed by atoms with Crippen LogP contribution in [0.3, 0.4) is 0 Å². The van der Waals surface area contributed by atoms with Gasteiger partial charge in [0.05, 0.1) is 81.7 Å². The fourth-order valence-electron chi connectivity index (χ4n) is 15.7. The first kappa shape index (κ1) is 92.3. The predicted octanol–water partition coefficient (Wildman–Crippen LogP) is 7.05. The Hall–Kier alpha value is -8.61. The molecule has 1 aliphatic carbocycles. The van der Waals surface area contributed by atoms with Gasteiger partial charge in [0.1, 0.15) is 53.5 Å². The molecular weight excluding hydrogens is 1510 g/mol. The number of cyclic esters (lactones) is 1. The van der Waals surface area contributed by atoms with E-state index < -0.39 is 89.5 Å². The van der Waals surface area contributed by atoms with Crippen molar-refractivity contribution in [3.05, 3.63) is 84.0 Å². The summed E-state index contributed by atoms with van der Waals surface area (Å²) in [7, 11) is 3.19. The third-order valence-corrected chi connectivity index (χ3v) is 22.4. The van der Waals surface area contributed by atoms with Crippen LogP contribution in [0.25, 0.3) is 33.4 Å². The van der Waals surface area contributed by atoms with Crippen molar-refractivity contribution in [3.63, 3.8) is 0 Å². The number of nitrogens with two attached hydrogens (primary N) is 3. The minimum atomic E-state index is -2.45. The summed E-state index contributed by atoms with van der Waals surface area (Å²) in [6, 6.07) is 3.43.